The van der Waals surface area contributed by atoms with Crippen molar-refractivity contribution in [1.82, 2.24) is 4.90 Å². The zero-order valence-corrected chi connectivity index (χ0v) is 13.9. The lowest BCUT2D eigenvalue weighted by atomic mass is 9.97. The zero-order chi connectivity index (χ0) is 17.3. The summed E-state index contributed by atoms with van der Waals surface area (Å²) in [6.07, 6.45) is 3.10. The van der Waals surface area contributed by atoms with E-state index in [2.05, 4.69) is 0 Å². The fourth-order valence-corrected chi connectivity index (χ4v) is 3.06. The van der Waals surface area contributed by atoms with Crippen LogP contribution in [-0.4, -0.2) is 41.5 Å². The van der Waals surface area contributed by atoms with Gasteiger partial charge in [0.05, 0.1) is 18.1 Å². The molecule has 0 unspecified atom stereocenters. The van der Waals surface area contributed by atoms with Gasteiger partial charge in [-0.1, -0.05) is 0 Å². The molecule has 128 valence electrons. The summed E-state index contributed by atoms with van der Waals surface area (Å²) in [6.45, 7) is 5.26. The number of ether oxygens (including phenoxy) is 2. The Morgan fingerprint density at radius 3 is 2.79 bits per heavy atom. The summed E-state index contributed by atoms with van der Waals surface area (Å²) in [4.78, 5) is 26.2. The summed E-state index contributed by atoms with van der Waals surface area (Å²) >= 11 is 0. The predicted molar refractivity (Wildman–Crippen MR) is 86.8 cm³/mol. The van der Waals surface area contributed by atoms with E-state index >= 15 is 0 Å². The number of carbonyl (C=O) groups is 2. The number of phenolic OH excluding ortho intramolecular Hbond substituents is 1. The number of hydrogen-bond acceptors (Lipinski definition) is 6. The molecule has 0 aromatic heterocycles. The summed E-state index contributed by atoms with van der Waals surface area (Å²) in [7, 11) is 0. The first-order valence-corrected chi connectivity index (χ1v) is 8.19. The van der Waals surface area contributed by atoms with Crippen LogP contribution in [0.3, 0.4) is 0 Å². The Balaban J connectivity index is 1.68. The third-order valence-electron chi connectivity index (χ3n) is 4.51. The Morgan fingerprint density at radius 1 is 1.42 bits per heavy atom. The molecular formula is C18H21NO5. The first-order valence-electron chi connectivity index (χ1n) is 8.19. The molecule has 1 aromatic rings. The zero-order valence-electron chi connectivity index (χ0n) is 13.9. The van der Waals surface area contributed by atoms with Gasteiger partial charge in [0.1, 0.15) is 11.5 Å². The quantitative estimate of drug-likeness (QED) is 0.677. The van der Waals surface area contributed by atoms with Crippen molar-refractivity contribution in [2.75, 3.05) is 19.7 Å². The van der Waals surface area contributed by atoms with Gasteiger partial charge in [-0.3, -0.25) is 9.59 Å². The van der Waals surface area contributed by atoms with Gasteiger partial charge in [0.15, 0.2) is 5.76 Å². The van der Waals surface area contributed by atoms with Crippen LogP contribution in [0.4, 0.5) is 0 Å². The predicted octanol–water partition coefficient (Wildman–Crippen LogP) is 2.39. The van der Waals surface area contributed by atoms with Crippen LogP contribution in [0.5, 0.6) is 11.5 Å². The molecule has 1 saturated heterocycles. The van der Waals surface area contributed by atoms with Crippen molar-refractivity contribution >= 4 is 11.8 Å². The Bertz CT molecular complexity index is 702. The highest BCUT2D eigenvalue weighted by Crippen LogP contribution is 2.38. The van der Waals surface area contributed by atoms with Crippen molar-refractivity contribution in [2.24, 2.45) is 5.92 Å². The van der Waals surface area contributed by atoms with E-state index in [-0.39, 0.29) is 29.2 Å². The summed E-state index contributed by atoms with van der Waals surface area (Å²) in [5.74, 6) is 0.396. The number of nitrogens with zero attached hydrogens (tertiary/aromatic N) is 1. The number of rotatable bonds is 3. The maximum Gasteiger partial charge on any atom is 0.309 e. The first-order chi connectivity index (χ1) is 11.5. The number of phenols is 1. The second-order valence-electron chi connectivity index (χ2n) is 6.07. The fourth-order valence-electron chi connectivity index (χ4n) is 3.06. The van der Waals surface area contributed by atoms with Crippen molar-refractivity contribution in [3.05, 3.63) is 35.2 Å². The third kappa shape index (κ3) is 2.96. The lowest BCUT2D eigenvalue weighted by molar-refractivity contribution is -0.149. The summed E-state index contributed by atoms with van der Waals surface area (Å²) in [6, 6.07) is 3.08. The van der Waals surface area contributed by atoms with Gasteiger partial charge < -0.3 is 19.5 Å². The number of benzene rings is 1. The van der Waals surface area contributed by atoms with E-state index in [0.29, 0.717) is 49.4 Å². The molecule has 24 heavy (non-hydrogen) atoms. The van der Waals surface area contributed by atoms with Gasteiger partial charge in [0.2, 0.25) is 5.78 Å². The Morgan fingerprint density at radius 2 is 2.12 bits per heavy atom. The van der Waals surface area contributed by atoms with Crippen molar-refractivity contribution in [3.8, 4) is 11.5 Å². The van der Waals surface area contributed by atoms with Gasteiger partial charge in [-0.05, 0) is 38.8 Å². The van der Waals surface area contributed by atoms with E-state index in [0.717, 1.165) is 0 Å². The number of esters is 1. The largest absolute Gasteiger partial charge is 0.508 e. The van der Waals surface area contributed by atoms with E-state index in [1.165, 1.54) is 6.07 Å². The second kappa shape index (κ2) is 6.55. The molecule has 0 aliphatic carbocycles. The van der Waals surface area contributed by atoms with Crippen LogP contribution in [-0.2, 0) is 9.53 Å². The molecule has 2 aliphatic rings. The van der Waals surface area contributed by atoms with Crippen LogP contribution < -0.4 is 4.74 Å². The number of aromatic hydroxyl groups is 1. The molecule has 0 bridgehead atoms. The van der Waals surface area contributed by atoms with Crippen LogP contribution in [0, 0.1) is 12.8 Å². The second-order valence-corrected chi connectivity index (χ2v) is 6.07. The van der Waals surface area contributed by atoms with Gasteiger partial charge in [-0.2, -0.15) is 0 Å². The van der Waals surface area contributed by atoms with Gasteiger partial charge in [0, 0.05) is 24.9 Å². The Kier molecular flexibility index (Phi) is 4.46. The molecule has 0 spiro atoms. The van der Waals surface area contributed by atoms with Crippen molar-refractivity contribution in [3.63, 3.8) is 0 Å². The van der Waals surface area contributed by atoms with Crippen molar-refractivity contribution in [1.29, 1.82) is 0 Å². The third-order valence-corrected chi connectivity index (χ3v) is 4.51. The van der Waals surface area contributed by atoms with Crippen molar-refractivity contribution < 1.29 is 24.2 Å². The fraction of sp³-hybridized carbons (Fsp3) is 0.444. The maximum atomic E-state index is 12.4. The van der Waals surface area contributed by atoms with E-state index in [1.54, 1.807) is 26.1 Å². The molecule has 2 aliphatic heterocycles. The smallest absolute Gasteiger partial charge is 0.309 e. The van der Waals surface area contributed by atoms with Crippen LogP contribution in [0.1, 0.15) is 35.7 Å². The summed E-state index contributed by atoms with van der Waals surface area (Å²) in [5, 5.41) is 9.74. The summed E-state index contributed by atoms with van der Waals surface area (Å²) in [5.41, 5.74) is 1.03. The molecule has 1 N–H and O–H groups in total. The van der Waals surface area contributed by atoms with Crippen LogP contribution in [0.15, 0.2) is 24.1 Å². The first kappa shape index (κ1) is 16.4. The van der Waals surface area contributed by atoms with Crippen LogP contribution >= 0.6 is 0 Å². The van der Waals surface area contributed by atoms with Gasteiger partial charge in [-0.25, -0.2) is 0 Å². The minimum atomic E-state index is -0.180. The van der Waals surface area contributed by atoms with Crippen molar-refractivity contribution in [2.45, 2.75) is 26.7 Å². The molecule has 6 nitrogen and oxygen atoms in total. The number of carbonyl (C=O) groups excluding carboxylic acids is 2. The minimum Gasteiger partial charge on any atom is -0.508 e. The van der Waals surface area contributed by atoms with Gasteiger partial charge in [-0.15, -0.1) is 0 Å². The van der Waals surface area contributed by atoms with E-state index in [9.17, 15) is 14.7 Å². The molecule has 0 amide bonds. The number of allylic oxidation sites excluding steroid dienone is 1. The average molecular weight is 331 g/mol. The molecule has 0 atom stereocenters. The van der Waals surface area contributed by atoms with Crippen LogP contribution in [0.25, 0.3) is 0 Å². The SMILES string of the molecule is CCOC(=O)C1CCN(/C=C2\Oc3c(ccc(O)c3C)C2=O)CC1. The molecule has 3 rings (SSSR count). The summed E-state index contributed by atoms with van der Waals surface area (Å²) < 4.78 is 10.7. The number of likely N-dealkylation sites (tertiary alicyclic amines) is 1. The Labute approximate surface area is 140 Å². The van der Waals surface area contributed by atoms with Crippen LogP contribution in [0.2, 0.25) is 0 Å². The standard InChI is InChI=1S/C18H21NO5/c1-3-23-18(22)12-6-8-19(9-7-12)10-15-16(21)13-4-5-14(20)11(2)17(13)24-15/h4-5,10,12,20H,3,6-9H2,1-2H3/b15-10-. The number of hydrogen-bond donors (Lipinski definition) is 1. The minimum absolute atomic E-state index is 0.0730. The molecule has 6 heteroatoms. The van der Waals surface area contributed by atoms with E-state index < -0.39 is 0 Å². The average Bonchev–Trinajstić information content (AvgIpc) is 2.89. The number of fused-ring (bicyclic) bond motifs is 1. The van der Waals surface area contributed by atoms with E-state index in [1.807, 2.05) is 4.90 Å². The molecule has 0 saturated carbocycles. The molecule has 0 radical (unpaired) electrons. The molecule has 2 heterocycles. The molecular weight excluding hydrogens is 310 g/mol. The number of ketones is 1. The van der Waals surface area contributed by atoms with Gasteiger partial charge in [0.25, 0.3) is 0 Å². The lowest BCUT2D eigenvalue weighted by Crippen LogP contribution is -2.34. The maximum absolute atomic E-state index is 12.4. The monoisotopic (exact) mass is 331 g/mol. The lowest BCUT2D eigenvalue weighted by Gasteiger charge is -2.29. The highest BCUT2D eigenvalue weighted by Gasteiger charge is 2.31. The normalized spacial score (nSPS) is 19.3. The van der Waals surface area contributed by atoms with Gasteiger partial charge >= 0.3 is 5.97 Å². The Hall–Kier alpha value is -2.50. The molecule has 1 aromatic carbocycles. The highest BCUT2D eigenvalue weighted by molar-refractivity contribution is 6.12. The topological polar surface area (TPSA) is 76.1 Å². The number of piperidine rings is 1. The molecule has 1 fully saturated rings. The highest BCUT2D eigenvalue weighted by atomic mass is 16.5. The van der Waals surface area contributed by atoms with E-state index in [4.69, 9.17) is 9.47 Å². The number of Topliss-reactive ketones (excluding diaryl/α,β-unsaturated/α-hetero) is 1.